The molecule has 4 nitrogen and oxygen atoms in total. The first-order valence-electron chi connectivity index (χ1n) is 7.12. The van der Waals surface area contributed by atoms with Gasteiger partial charge in [-0.15, -0.1) is 0 Å². The number of carbonyl (C=O) groups is 1. The van der Waals surface area contributed by atoms with Crippen LogP contribution in [-0.4, -0.2) is 41.6 Å². The van der Waals surface area contributed by atoms with Crippen molar-refractivity contribution in [1.29, 1.82) is 0 Å². The molecule has 108 valence electrons. The fraction of sp³-hybridized carbons (Fsp3) is 0.533. The number of amides is 1. The molecule has 0 saturated carbocycles. The molecular weight excluding hydrogens is 276 g/mol. The zero-order chi connectivity index (χ0) is 14.3. The van der Waals surface area contributed by atoms with Crippen LogP contribution in [0.5, 0.6) is 5.75 Å². The quantitative estimate of drug-likeness (QED) is 0.878. The van der Waals surface area contributed by atoms with E-state index in [4.69, 9.17) is 11.6 Å². The summed E-state index contributed by atoms with van der Waals surface area (Å²) in [7, 11) is 0. The second kappa shape index (κ2) is 5.26. The number of benzene rings is 1. The lowest BCUT2D eigenvalue weighted by Gasteiger charge is -2.27. The number of phenols is 1. The molecule has 3 unspecified atom stereocenters. The van der Waals surface area contributed by atoms with Crippen LogP contribution in [-0.2, 0) is 0 Å². The Morgan fingerprint density at radius 1 is 1.50 bits per heavy atom. The van der Waals surface area contributed by atoms with Gasteiger partial charge >= 0.3 is 0 Å². The van der Waals surface area contributed by atoms with Gasteiger partial charge < -0.3 is 15.3 Å². The summed E-state index contributed by atoms with van der Waals surface area (Å²) in [5.41, 5.74) is 0.555. The largest absolute Gasteiger partial charge is 0.506 e. The molecule has 2 heterocycles. The van der Waals surface area contributed by atoms with Crippen molar-refractivity contribution in [2.24, 2.45) is 11.8 Å². The summed E-state index contributed by atoms with van der Waals surface area (Å²) in [6, 6.07) is 4.98. The molecule has 0 radical (unpaired) electrons. The van der Waals surface area contributed by atoms with Crippen molar-refractivity contribution in [2.45, 2.75) is 19.4 Å². The average molecular weight is 295 g/mol. The van der Waals surface area contributed by atoms with Crippen molar-refractivity contribution in [3.8, 4) is 5.75 Å². The summed E-state index contributed by atoms with van der Waals surface area (Å²) in [5, 5.41) is 13.1. The van der Waals surface area contributed by atoms with Gasteiger partial charge in [0.2, 0.25) is 0 Å². The third-order valence-electron chi connectivity index (χ3n) is 4.59. The first kappa shape index (κ1) is 13.7. The van der Waals surface area contributed by atoms with Crippen LogP contribution in [0.25, 0.3) is 0 Å². The Morgan fingerprint density at radius 2 is 2.30 bits per heavy atom. The molecule has 3 rings (SSSR count). The summed E-state index contributed by atoms with van der Waals surface area (Å²) in [6.45, 7) is 4.95. The van der Waals surface area contributed by atoms with Crippen LogP contribution >= 0.6 is 11.6 Å². The molecule has 2 N–H and O–H groups in total. The first-order chi connectivity index (χ1) is 9.61. The van der Waals surface area contributed by atoms with Crippen LogP contribution in [0.1, 0.15) is 23.7 Å². The SMILES string of the molecule is CCC1C2CNCC2CN1C(=O)c1ccc(O)c(Cl)c1. The van der Waals surface area contributed by atoms with Crippen molar-refractivity contribution >= 4 is 17.5 Å². The Labute approximate surface area is 123 Å². The van der Waals surface area contributed by atoms with Gasteiger partial charge in [0.05, 0.1) is 5.02 Å². The van der Waals surface area contributed by atoms with Crippen molar-refractivity contribution in [2.75, 3.05) is 19.6 Å². The minimum absolute atomic E-state index is 0.0118. The highest BCUT2D eigenvalue weighted by Gasteiger charge is 2.45. The van der Waals surface area contributed by atoms with Crippen LogP contribution in [0.2, 0.25) is 5.02 Å². The smallest absolute Gasteiger partial charge is 0.254 e. The fourth-order valence-electron chi connectivity index (χ4n) is 3.59. The maximum Gasteiger partial charge on any atom is 0.254 e. The number of likely N-dealkylation sites (tertiary alicyclic amines) is 1. The average Bonchev–Trinajstić information content (AvgIpc) is 3.01. The molecule has 2 aliphatic heterocycles. The number of aromatic hydroxyl groups is 1. The van der Waals surface area contributed by atoms with E-state index in [1.54, 1.807) is 12.1 Å². The van der Waals surface area contributed by atoms with Crippen LogP contribution in [0, 0.1) is 11.8 Å². The third-order valence-corrected chi connectivity index (χ3v) is 4.89. The lowest BCUT2D eigenvalue weighted by atomic mass is 9.93. The third kappa shape index (κ3) is 2.17. The van der Waals surface area contributed by atoms with E-state index in [9.17, 15) is 9.90 Å². The predicted octanol–water partition coefficient (Wildman–Crippen LogP) is 2.12. The Bertz CT molecular complexity index is 535. The second-order valence-electron chi connectivity index (χ2n) is 5.68. The number of nitrogens with one attached hydrogen (secondary N) is 1. The van der Waals surface area contributed by atoms with Crippen molar-refractivity contribution in [3.63, 3.8) is 0 Å². The molecule has 0 bridgehead atoms. The number of hydrogen-bond acceptors (Lipinski definition) is 3. The van der Waals surface area contributed by atoms with E-state index in [1.165, 1.54) is 6.07 Å². The van der Waals surface area contributed by atoms with Gasteiger partial charge in [-0.05, 0) is 36.5 Å². The van der Waals surface area contributed by atoms with Gasteiger partial charge in [-0.3, -0.25) is 4.79 Å². The lowest BCUT2D eigenvalue weighted by Crippen LogP contribution is -2.39. The molecule has 0 aliphatic carbocycles. The highest BCUT2D eigenvalue weighted by molar-refractivity contribution is 6.32. The molecule has 2 saturated heterocycles. The molecule has 1 amide bonds. The summed E-state index contributed by atoms with van der Waals surface area (Å²) in [5.74, 6) is 1.17. The van der Waals surface area contributed by atoms with E-state index in [2.05, 4.69) is 12.2 Å². The maximum absolute atomic E-state index is 12.7. The Balaban J connectivity index is 1.84. The topological polar surface area (TPSA) is 52.6 Å². The van der Waals surface area contributed by atoms with Gasteiger partial charge in [0.25, 0.3) is 5.91 Å². The molecule has 5 heteroatoms. The Hall–Kier alpha value is -1.26. The normalized spacial score (nSPS) is 28.7. The van der Waals surface area contributed by atoms with Gasteiger partial charge in [0.1, 0.15) is 5.75 Å². The number of carbonyl (C=O) groups excluding carboxylic acids is 1. The van der Waals surface area contributed by atoms with Crippen LogP contribution in [0.3, 0.4) is 0 Å². The Morgan fingerprint density at radius 3 is 3.00 bits per heavy atom. The number of phenolic OH excluding ortho intramolecular Hbond substituents is 1. The van der Waals surface area contributed by atoms with Crippen molar-refractivity contribution in [3.05, 3.63) is 28.8 Å². The highest BCUT2D eigenvalue weighted by atomic mass is 35.5. The number of halogens is 1. The van der Waals surface area contributed by atoms with E-state index in [0.29, 0.717) is 23.4 Å². The van der Waals surface area contributed by atoms with Gasteiger partial charge in [-0.2, -0.15) is 0 Å². The molecule has 1 aromatic carbocycles. The minimum atomic E-state index is 0.0118. The summed E-state index contributed by atoms with van der Waals surface area (Å²) in [4.78, 5) is 14.7. The number of fused-ring (bicyclic) bond motifs is 1. The molecule has 1 aromatic rings. The summed E-state index contributed by atoms with van der Waals surface area (Å²) < 4.78 is 0. The number of nitrogens with zero attached hydrogens (tertiary/aromatic N) is 1. The minimum Gasteiger partial charge on any atom is -0.506 e. The Kier molecular flexibility index (Phi) is 3.61. The maximum atomic E-state index is 12.7. The number of hydrogen-bond donors (Lipinski definition) is 2. The molecule has 0 aromatic heterocycles. The van der Waals surface area contributed by atoms with Crippen molar-refractivity contribution < 1.29 is 9.90 Å². The van der Waals surface area contributed by atoms with Gasteiger partial charge in [-0.25, -0.2) is 0 Å². The van der Waals surface area contributed by atoms with Crippen LogP contribution < -0.4 is 5.32 Å². The van der Waals surface area contributed by atoms with Crippen molar-refractivity contribution in [1.82, 2.24) is 10.2 Å². The molecule has 3 atom stereocenters. The summed E-state index contributed by atoms with van der Waals surface area (Å²) >= 11 is 5.90. The van der Waals surface area contributed by atoms with E-state index >= 15 is 0 Å². The first-order valence-corrected chi connectivity index (χ1v) is 7.49. The standard InChI is InChI=1S/C15H19ClN2O2/c1-2-13-11-7-17-6-10(11)8-18(13)15(20)9-3-4-14(19)12(16)5-9/h3-5,10-11,13,17,19H,2,6-8H2,1H3. The van der Waals surface area contributed by atoms with Gasteiger partial charge in [-0.1, -0.05) is 18.5 Å². The molecule has 2 aliphatic rings. The molecule has 0 spiro atoms. The lowest BCUT2D eigenvalue weighted by molar-refractivity contribution is 0.0711. The molecule has 2 fully saturated rings. The predicted molar refractivity (Wildman–Crippen MR) is 78.1 cm³/mol. The fourth-order valence-corrected chi connectivity index (χ4v) is 3.77. The van der Waals surface area contributed by atoms with Gasteiger partial charge in [0.15, 0.2) is 0 Å². The molecule has 20 heavy (non-hydrogen) atoms. The van der Waals surface area contributed by atoms with E-state index in [1.807, 2.05) is 4.90 Å². The van der Waals surface area contributed by atoms with E-state index in [0.717, 1.165) is 26.1 Å². The highest BCUT2D eigenvalue weighted by Crippen LogP contribution is 2.35. The zero-order valence-corrected chi connectivity index (χ0v) is 12.2. The van der Waals surface area contributed by atoms with Gasteiger partial charge in [0, 0.05) is 31.2 Å². The molecular formula is C15H19ClN2O2. The monoisotopic (exact) mass is 294 g/mol. The van der Waals surface area contributed by atoms with Crippen LogP contribution in [0.15, 0.2) is 18.2 Å². The van der Waals surface area contributed by atoms with Crippen LogP contribution in [0.4, 0.5) is 0 Å². The second-order valence-corrected chi connectivity index (χ2v) is 6.09. The van der Waals surface area contributed by atoms with E-state index in [-0.39, 0.29) is 16.7 Å². The van der Waals surface area contributed by atoms with E-state index < -0.39 is 0 Å². The number of rotatable bonds is 2. The summed E-state index contributed by atoms with van der Waals surface area (Å²) in [6.07, 6.45) is 0.973. The zero-order valence-electron chi connectivity index (χ0n) is 11.5.